The van der Waals surface area contributed by atoms with E-state index in [4.69, 9.17) is 9.47 Å². The van der Waals surface area contributed by atoms with Gasteiger partial charge >= 0.3 is 0 Å². The van der Waals surface area contributed by atoms with Gasteiger partial charge in [-0.05, 0) is 37.1 Å². The number of para-hydroxylation sites is 1. The molecule has 0 bridgehead atoms. The number of nitrogens with one attached hydrogen (secondary N) is 1. The Morgan fingerprint density at radius 3 is 2.47 bits per heavy atom. The minimum atomic E-state index is -3.74. The molecule has 1 fully saturated rings. The van der Waals surface area contributed by atoms with Crippen LogP contribution in [0.2, 0.25) is 0 Å². The number of fused-ring (bicyclic) bond motifs is 1. The molecule has 0 atom stereocenters. The fourth-order valence-corrected chi connectivity index (χ4v) is 5.78. The number of halogens is 2. The smallest absolute Gasteiger partial charge is 0.288 e. The van der Waals surface area contributed by atoms with Crippen molar-refractivity contribution in [1.29, 1.82) is 0 Å². The second kappa shape index (κ2) is 9.63. The third-order valence-corrected chi connectivity index (χ3v) is 8.02. The number of benzene rings is 2. The molecule has 0 aromatic heterocycles. The van der Waals surface area contributed by atoms with Crippen molar-refractivity contribution in [2.45, 2.75) is 28.4 Å². The van der Waals surface area contributed by atoms with Crippen molar-refractivity contribution in [3.63, 3.8) is 0 Å². The van der Waals surface area contributed by atoms with Crippen molar-refractivity contribution in [3.05, 3.63) is 42.5 Å². The zero-order valence-corrected chi connectivity index (χ0v) is 18.6. The van der Waals surface area contributed by atoms with Crippen molar-refractivity contribution in [3.8, 4) is 11.5 Å². The van der Waals surface area contributed by atoms with E-state index in [1.807, 2.05) is 0 Å². The Morgan fingerprint density at radius 1 is 1.06 bits per heavy atom. The van der Waals surface area contributed by atoms with Crippen LogP contribution in [0.3, 0.4) is 0 Å². The summed E-state index contributed by atoms with van der Waals surface area (Å²) in [4.78, 5) is 13.1. The monoisotopic (exact) mass is 484 g/mol. The number of amides is 1. The molecular formula is C21H22F2N2O5S2. The Balaban J connectivity index is 1.39. The van der Waals surface area contributed by atoms with Crippen molar-refractivity contribution < 1.29 is 31.5 Å². The van der Waals surface area contributed by atoms with Crippen molar-refractivity contribution in [2.24, 2.45) is 5.92 Å². The predicted molar refractivity (Wildman–Crippen MR) is 116 cm³/mol. The molecule has 1 amide bonds. The molecule has 0 aliphatic carbocycles. The number of rotatable bonds is 6. The maximum atomic E-state index is 13.0. The molecule has 1 N–H and O–H groups in total. The lowest BCUT2D eigenvalue weighted by Crippen LogP contribution is -2.41. The van der Waals surface area contributed by atoms with Crippen LogP contribution < -0.4 is 14.8 Å². The first-order valence-electron chi connectivity index (χ1n) is 10.1. The van der Waals surface area contributed by atoms with E-state index in [2.05, 4.69) is 5.32 Å². The minimum absolute atomic E-state index is 0.114. The highest BCUT2D eigenvalue weighted by molar-refractivity contribution is 7.99. The average Bonchev–Trinajstić information content (AvgIpc) is 2.79. The van der Waals surface area contributed by atoms with Crippen LogP contribution in [0.1, 0.15) is 12.8 Å². The first kappa shape index (κ1) is 22.8. The quantitative estimate of drug-likeness (QED) is 0.628. The Kier molecular flexibility index (Phi) is 6.87. The summed E-state index contributed by atoms with van der Waals surface area (Å²) >= 11 is 0.370. The molecule has 2 aliphatic rings. The Morgan fingerprint density at radius 2 is 1.75 bits per heavy atom. The number of carbonyl (C=O) groups excluding carboxylic acids is 1. The first-order valence-corrected chi connectivity index (χ1v) is 12.4. The predicted octanol–water partition coefficient (Wildman–Crippen LogP) is 3.81. The van der Waals surface area contributed by atoms with Crippen LogP contribution in [-0.2, 0) is 14.8 Å². The molecule has 2 heterocycles. The molecule has 0 radical (unpaired) electrons. The van der Waals surface area contributed by atoms with Gasteiger partial charge in [-0.1, -0.05) is 23.9 Å². The Bertz CT molecular complexity index is 1090. The van der Waals surface area contributed by atoms with Crippen molar-refractivity contribution in [2.75, 3.05) is 31.6 Å². The van der Waals surface area contributed by atoms with E-state index < -0.39 is 21.7 Å². The number of anilines is 1. The van der Waals surface area contributed by atoms with Gasteiger partial charge in [-0.25, -0.2) is 8.42 Å². The van der Waals surface area contributed by atoms with Gasteiger partial charge in [0, 0.05) is 30.0 Å². The van der Waals surface area contributed by atoms with Gasteiger partial charge in [0.2, 0.25) is 15.9 Å². The van der Waals surface area contributed by atoms with Crippen LogP contribution in [-0.4, -0.2) is 50.7 Å². The van der Waals surface area contributed by atoms with Crippen LogP contribution in [0, 0.1) is 5.92 Å². The lowest BCUT2D eigenvalue weighted by atomic mass is 9.97. The summed E-state index contributed by atoms with van der Waals surface area (Å²) in [5.74, 6) is -2.40. The van der Waals surface area contributed by atoms with Crippen LogP contribution in [0.4, 0.5) is 14.5 Å². The summed E-state index contributed by atoms with van der Waals surface area (Å²) < 4.78 is 63.9. The molecule has 0 unspecified atom stereocenters. The number of thioether (sulfide) groups is 1. The first-order chi connectivity index (χ1) is 15.3. The molecule has 11 heteroatoms. The number of hydrogen-bond acceptors (Lipinski definition) is 6. The summed E-state index contributed by atoms with van der Waals surface area (Å²) in [6.45, 7) is 1.14. The number of carbonyl (C=O) groups is 1. The molecule has 2 aromatic rings. The fraction of sp³-hybridized carbons (Fsp3) is 0.381. The number of hydrogen-bond donors (Lipinski definition) is 1. The lowest BCUT2D eigenvalue weighted by Gasteiger charge is -2.31. The summed E-state index contributed by atoms with van der Waals surface area (Å²) in [5, 5.41) is 2.71. The highest BCUT2D eigenvalue weighted by atomic mass is 32.2. The number of nitrogens with zero attached hydrogens (tertiary/aromatic N) is 1. The second-order valence-corrected chi connectivity index (χ2v) is 10.3. The van der Waals surface area contributed by atoms with Gasteiger partial charge in [0.1, 0.15) is 13.2 Å². The maximum absolute atomic E-state index is 13.0. The third-order valence-electron chi connectivity index (χ3n) is 5.34. The molecule has 0 spiro atoms. The Hall–Kier alpha value is -2.37. The third kappa shape index (κ3) is 5.00. The van der Waals surface area contributed by atoms with E-state index in [9.17, 15) is 22.0 Å². The van der Waals surface area contributed by atoms with E-state index in [1.54, 1.807) is 24.3 Å². The standard InChI is InChI=1S/C21H22F2N2O5S2/c22-21(23)31-19-4-2-1-3-16(19)24-20(26)14-7-9-25(10-8-14)32(27,28)15-5-6-17-18(13-15)30-12-11-29-17/h1-6,13-14,21H,7-12H2,(H,24,26). The summed E-state index contributed by atoms with van der Waals surface area (Å²) in [7, 11) is -3.74. The highest BCUT2D eigenvalue weighted by Crippen LogP contribution is 2.35. The summed E-state index contributed by atoms with van der Waals surface area (Å²) in [6.07, 6.45) is 0.666. The number of ether oxygens (including phenoxy) is 2. The zero-order chi connectivity index (χ0) is 22.7. The average molecular weight is 485 g/mol. The van der Waals surface area contributed by atoms with Gasteiger partial charge in [-0.2, -0.15) is 13.1 Å². The van der Waals surface area contributed by atoms with Crippen LogP contribution in [0.5, 0.6) is 11.5 Å². The number of piperidine rings is 1. The molecular weight excluding hydrogens is 462 g/mol. The van der Waals surface area contributed by atoms with E-state index in [0.29, 0.717) is 55.0 Å². The van der Waals surface area contributed by atoms with Crippen molar-refractivity contribution >= 4 is 33.4 Å². The van der Waals surface area contributed by atoms with E-state index in [0.717, 1.165) is 0 Å². The molecule has 2 aromatic carbocycles. The lowest BCUT2D eigenvalue weighted by molar-refractivity contribution is -0.120. The van der Waals surface area contributed by atoms with Crippen molar-refractivity contribution in [1.82, 2.24) is 4.31 Å². The maximum Gasteiger partial charge on any atom is 0.288 e. The zero-order valence-electron chi connectivity index (χ0n) is 17.0. The summed E-state index contributed by atoms with van der Waals surface area (Å²) in [5.41, 5.74) is 0.328. The Labute approximate surface area is 189 Å². The molecule has 32 heavy (non-hydrogen) atoms. The largest absolute Gasteiger partial charge is 0.486 e. The molecule has 172 valence electrons. The van der Waals surface area contributed by atoms with Gasteiger partial charge in [-0.3, -0.25) is 4.79 Å². The van der Waals surface area contributed by atoms with Gasteiger partial charge in [0.25, 0.3) is 5.76 Å². The highest BCUT2D eigenvalue weighted by Gasteiger charge is 2.33. The molecule has 1 saturated heterocycles. The van der Waals surface area contributed by atoms with Gasteiger partial charge < -0.3 is 14.8 Å². The van der Waals surface area contributed by atoms with E-state index in [-0.39, 0.29) is 28.8 Å². The van der Waals surface area contributed by atoms with Crippen LogP contribution in [0.15, 0.2) is 52.3 Å². The molecule has 2 aliphatic heterocycles. The van der Waals surface area contributed by atoms with Gasteiger partial charge in [-0.15, -0.1) is 0 Å². The fourth-order valence-electron chi connectivity index (χ4n) is 3.70. The normalized spacial score (nSPS) is 17.3. The SMILES string of the molecule is O=C(Nc1ccccc1SC(F)F)C1CCN(S(=O)(=O)c2ccc3c(c2)OCCO3)CC1. The van der Waals surface area contributed by atoms with Gasteiger partial charge in [0.05, 0.1) is 10.6 Å². The minimum Gasteiger partial charge on any atom is -0.486 e. The topological polar surface area (TPSA) is 84.9 Å². The second-order valence-electron chi connectivity index (χ2n) is 7.35. The van der Waals surface area contributed by atoms with Crippen LogP contribution in [0.25, 0.3) is 0 Å². The molecule has 0 saturated carbocycles. The molecule has 4 rings (SSSR count). The molecule has 7 nitrogen and oxygen atoms in total. The number of sulfonamides is 1. The van der Waals surface area contributed by atoms with Crippen LogP contribution >= 0.6 is 11.8 Å². The van der Waals surface area contributed by atoms with E-state index >= 15 is 0 Å². The van der Waals surface area contributed by atoms with E-state index in [1.165, 1.54) is 22.5 Å². The summed E-state index contributed by atoms with van der Waals surface area (Å²) in [6, 6.07) is 10.9. The van der Waals surface area contributed by atoms with Gasteiger partial charge in [0.15, 0.2) is 11.5 Å². The number of alkyl halides is 2.